The first-order valence-corrected chi connectivity index (χ1v) is 10.6. The lowest BCUT2D eigenvalue weighted by Crippen LogP contribution is -2.43. The van der Waals surface area contributed by atoms with Crippen molar-refractivity contribution in [1.82, 2.24) is 14.5 Å². The fourth-order valence-electron chi connectivity index (χ4n) is 5.10. The number of hydrogen-bond acceptors (Lipinski definition) is 3. The summed E-state index contributed by atoms with van der Waals surface area (Å²) in [7, 11) is 0. The van der Waals surface area contributed by atoms with Crippen LogP contribution < -0.4 is 0 Å². The van der Waals surface area contributed by atoms with Gasteiger partial charge in [0.2, 0.25) is 5.91 Å². The summed E-state index contributed by atoms with van der Waals surface area (Å²) in [5, 5.41) is 0. The molecule has 5 heteroatoms. The third kappa shape index (κ3) is 3.83. The standard InChI is InChI=1S/C21H33N3O2/c1-16-13-22-20(18-8-11-26-12-9-18)24(16)15-17-5-4-10-23(14-17)21(25)19-6-2-3-7-19/h13,17-19H,2-12,14-15H2,1H3. The molecule has 1 aromatic heterocycles. The minimum Gasteiger partial charge on any atom is -0.381 e. The highest BCUT2D eigenvalue weighted by atomic mass is 16.5. The lowest BCUT2D eigenvalue weighted by Gasteiger charge is -2.35. The minimum atomic E-state index is 0.307. The van der Waals surface area contributed by atoms with Crippen LogP contribution in [0.15, 0.2) is 6.20 Å². The van der Waals surface area contributed by atoms with E-state index in [1.54, 1.807) is 0 Å². The number of carbonyl (C=O) groups is 1. The number of piperidine rings is 1. The molecule has 3 fully saturated rings. The van der Waals surface area contributed by atoms with E-state index in [1.165, 1.54) is 30.8 Å². The van der Waals surface area contributed by atoms with Crippen LogP contribution in [0.2, 0.25) is 0 Å². The van der Waals surface area contributed by atoms with Gasteiger partial charge in [-0.2, -0.15) is 0 Å². The zero-order valence-corrected chi connectivity index (χ0v) is 16.2. The molecule has 1 unspecified atom stereocenters. The molecule has 1 atom stereocenters. The Balaban J connectivity index is 1.42. The van der Waals surface area contributed by atoms with Crippen molar-refractivity contribution in [3.63, 3.8) is 0 Å². The molecule has 0 spiro atoms. The van der Waals surface area contributed by atoms with E-state index < -0.39 is 0 Å². The van der Waals surface area contributed by atoms with Crippen LogP contribution in [0.3, 0.4) is 0 Å². The molecule has 3 heterocycles. The van der Waals surface area contributed by atoms with Crippen LogP contribution in [0.4, 0.5) is 0 Å². The number of amides is 1. The summed E-state index contributed by atoms with van der Waals surface area (Å²) in [6.07, 6.45) is 11.2. The lowest BCUT2D eigenvalue weighted by atomic mass is 9.95. The van der Waals surface area contributed by atoms with Crippen LogP contribution in [0.1, 0.15) is 68.8 Å². The van der Waals surface area contributed by atoms with E-state index in [2.05, 4.69) is 16.4 Å². The number of hydrogen-bond donors (Lipinski definition) is 0. The van der Waals surface area contributed by atoms with Crippen molar-refractivity contribution in [2.75, 3.05) is 26.3 Å². The maximum Gasteiger partial charge on any atom is 0.225 e. The Hall–Kier alpha value is -1.36. The predicted molar refractivity (Wildman–Crippen MR) is 101 cm³/mol. The van der Waals surface area contributed by atoms with Crippen molar-refractivity contribution >= 4 is 5.91 Å². The Bertz CT molecular complexity index is 615. The van der Waals surface area contributed by atoms with Gasteiger partial charge in [-0.1, -0.05) is 12.8 Å². The van der Waals surface area contributed by atoms with Gasteiger partial charge in [0.05, 0.1) is 0 Å². The largest absolute Gasteiger partial charge is 0.381 e. The minimum absolute atomic E-state index is 0.307. The first-order chi connectivity index (χ1) is 12.7. The smallest absolute Gasteiger partial charge is 0.225 e. The molecule has 0 radical (unpaired) electrons. The number of aryl methyl sites for hydroxylation is 1. The highest BCUT2D eigenvalue weighted by Gasteiger charge is 2.31. The maximum absolute atomic E-state index is 12.8. The summed E-state index contributed by atoms with van der Waals surface area (Å²) in [4.78, 5) is 19.7. The third-order valence-electron chi connectivity index (χ3n) is 6.65. The maximum atomic E-state index is 12.8. The second-order valence-electron chi connectivity index (χ2n) is 8.53. The molecule has 144 valence electrons. The Kier molecular flexibility index (Phi) is 5.63. The highest BCUT2D eigenvalue weighted by Crippen LogP contribution is 2.31. The van der Waals surface area contributed by atoms with Crippen molar-refractivity contribution in [3.8, 4) is 0 Å². The lowest BCUT2D eigenvalue weighted by molar-refractivity contribution is -0.137. The van der Waals surface area contributed by atoms with Gasteiger partial charge >= 0.3 is 0 Å². The molecule has 26 heavy (non-hydrogen) atoms. The molecule has 1 aromatic rings. The normalized spacial score (nSPS) is 25.7. The van der Waals surface area contributed by atoms with E-state index in [-0.39, 0.29) is 0 Å². The second-order valence-corrected chi connectivity index (χ2v) is 8.53. The van der Waals surface area contributed by atoms with Crippen LogP contribution in [0.25, 0.3) is 0 Å². The summed E-state index contributed by atoms with van der Waals surface area (Å²) >= 11 is 0. The molecule has 0 bridgehead atoms. The van der Waals surface area contributed by atoms with Crippen LogP contribution in [-0.2, 0) is 16.1 Å². The van der Waals surface area contributed by atoms with Gasteiger partial charge in [-0.05, 0) is 51.4 Å². The second kappa shape index (κ2) is 8.12. The fourth-order valence-corrected chi connectivity index (χ4v) is 5.10. The Morgan fingerprint density at radius 3 is 2.69 bits per heavy atom. The van der Waals surface area contributed by atoms with Crippen molar-refractivity contribution in [1.29, 1.82) is 0 Å². The van der Waals surface area contributed by atoms with Crippen LogP contribution in [0, 0.1) is 18.8 Å². The van der Waals surface area contributed by atoms with Gasteiger partial charge in [-0.3, -0.25) is 4.79 Å². The molecule has 5 nitrogen and oxygen atoms in total. The van der Waals surface area contributed by atoms with Gasteiger partial charge in [-0.25, -0.2) is 4.98 Å². The first kappa shape index (κ1) is 18.0. The molecule has 1 aliphatic carbocycles. The van der Waals surface area contributed by atoms with Gasteiger partial charge < -0.3 is 14.2 Å². The zero-order valence-electron chi connectivity index (χ0n) is 16.2. The first-order valence-electron chi connectivity index (χ1n) is 10.6. The molecule has 0 aromatic carbocycles. The van der Waals surface area contributed by atoms with Crippen LogP contribution in [-0.4, -0.2) is 46.7 Å². The van der Waals surface area contributed by atoms with E-state index in [4.69, 9.17) is 9.72 Å². The number of ether oxygens (including phenoxy) is 1. The van der Waals surface area contributed by atoms with Gasteiger partial charge in [0.25, 0.3) is 0 Å². The van der Waals surface area contributed by atoms with Crippen molar-refractivity contribution in [2.45, 2.75) is 70.8 Å². The molecular formula is C21H33N3O2. The van der Waals surface area contributed by atoms with E-state index in [9.17, 15) is 4.79 Å². The molecule has 1 saturated carbocycles. The quantitative estimate of drug-likeness (QED) is 0.826. The van der Waals surface area contributed by atoms with Crippen molar-refractivity contribution in [2.24, 2.45) is 11.8 Å². The SMILES string of the molecule is Cc1cnc(C2CCOCC2)n1CC1CCCN(C(=O)C2CCCC2)C1. The van der Waals surface area contributed by atoms with E-state index in [1.807, 2.05) is 6.20 Å². The fraction of sp³-hybridized carbons (Fsp3) is 0.810. The topological polar surface area (TPSA) is 47.4 Å². The molecule has 0 N–H and O–H groups in total. The number of carbonyl (C=O) groups excluding carboxylic acids is 1. The molecule has 2 aliphatic heterocycles. The van der Waals surface area contributed by atoms with Crippen LogP contribution >= 0.6 is 0 Å². The summed E-state index contributed by atoms with van der Waals surface area (Å²) < 4.78 is 7.96. The molecular weight excluding hydrogens is 326 g/mol. The Labute approximate surface area is 157 Å². The van der Waals surface area contributed by atoms with E-state index in [0.717, 1.165) is 65.0 Å². The predicted octanol–water partition coefficient (Wildman–Crippen LogP) is 3.51. The Morgan fingerprint density at radius 2 is 1.92 bits per heavy atom. The zero-order chi connectivity index (χ0) is 17.9. The average molecular weight is 360 g/mol. The number of likely N-dealkylation sites (tertiary alicyclic amines) is 1. The van der Waals surface area contributed by atoms with E-state index in [0.29, 0.717) is 23.7 Å². The molecule has 3 aliphatic rings. The van der Waals surface area contributed by atoms with Gasteiger partial charge in [0.15, 0.2) is 0 Å². The van der Waals surface area contributed by atoms with E-state index >= 15 is 0 Å². The monoisotopic (exact) mass is 359 g/mol. The van der Waals surface area contributed by atoms with Crippen molar-refractivity contribution < 1.29 is 9.53 Å². The molecule has 1 amide bonds. The highest BCUT2D eigenvalue weighted by molar-refractivity contribution is 5.79. The molecule has 4 rings (SSSR count). The van der Waals surface area contributed by atoms with Crippen LogP contribution in [0.5, 0.6) is 0 Å². The average Bonchev–Trinajstić information content (AvgIpc) is 3.33. The number of imidazole rings is 1. The van der Waals surface area contributed by atoms with Gasteiger partial charge in [0.1, 0.15) is 5.82 Å². The Morgan fingerprint density at radius 1 is 1.15 bits per heavy atom. The summed E-state index contributed by atoms with van der Waals surface area (Å²) in [6.45, 7) is 6.77. The summed E-state index contributed by atoms with van der Waals surface area (Å²) in [6, 6.07) is 0. The summed E-state index contributed by atoms with van der Waals surface area (Å²) in [5.41, 5.74) is 1.26. The van der Waals surface area contributed by atoms with Gasteiger partial charge in [-0.15, -0.1) is 0 Å². The van der Waals surface area contributed by atoms with Crippen molar-refractivity contribution in [3.05, 3.63) is 17.7 Å². The number of rotatable bonds is 4. The number of nitrogens with zero attached hydrogens (tertiary/aromatic N) is 3. The van der Waals surface area contributed by atoms with Gasteiger partial charge in [0, 0.05) is 56.6 Å². The third-order valence-corrected chi connectivity index (χ3v) is 6.65. The summed E-state index contributed by atoms with van der Waals surface area (Å²) in [5.74, 6) is 3.06. The number of aromatic nitrogens is 2. The molecule has 2 saturated heterocycles.